The molecule has 2 rings (SSSR count). The smallest absolute Gasteiger partial charge is 0.243 e. The molecule has 2 N–H and O–H groups in total. The molecule has 0 heterocycles. The third kappa shape index (κ3) is 3.74. The Morgan fingerprint density at radius 3 is 2.52 bits per heavy atom. The van der Waals surface area contributed by atoms with Crippen molar-refractivity contribution in [3.63, 3.8) is 0 Å². The van der Waals surface area contributed by atoms with Crippen LogP contribution in [0.3, 0.4) is 0 Å². The van der Waals surface area contributed by atoms with E-state index in [0.29, 0.717) is 5.56 Å². The highest BCUT2D eigenvalue weighted by Crippen LogP contribution is 2.46. The van der Waals surface area contributed by atoms with Crippen molar-refractivity contribution in [1.29, 1.82) is 0 Å². The SMILES string of the molecule is CNCc1cc(F)c(F)c(S(=O)(=O)NCC2(SC)CC2)c1. The van der Waals surface area contributed by atoms with Crippen molar-refractivity contribution in [2.75, 3.05) is 19.8 Å². The molecule has 1 aromatic rings. The lowest BCUT2D eigenvalue weighted by atomic mass is 10.2. The van der Waals surface area contributed by atoms with Crippen LogP contribution in [0.1, 0.15) is 18.4 Å². The summed E-state index contributed by atoms with van der Waals surface area (Å²) in [6.45, 7) is 0.488. The van der Waals surface area contributed by atoms with Gasteiger partial charge in [-0.15, -0.1) is 0 Å². The lowest BCUT2D eigenvalue weighted by Crippen LogP contribution is -2.32. The molecular weight excluding hydrogens is 318 g/mol. The van der Waals surface area contributed by atoms with E-state index in [-0.39, 0.29) is 17.8 Å². The number of thioether (sulfide) groups is 1. The summed E-state index contributed by atoms with van der Waals surface area (Å²) in [5.74, 6) is -2.49. The van der Waals surface area contributed by atoms with E-state index in [2.05, 4.69) is 10.0 Å². The lowest BCUT2D eigenvalue weighted by Gasteiger charge is -2.14. The first-order chi connectivity index (χ1) is 9.83. The molecule has 0 amide bonds. The predicted octanol–water partition coefficient (Wildman–Crippen LogP) is 1.86. The summed E-state index contributed by atoms with van der Waals surface area (Å²) in [7, 11) is -2.42. The molecule has 0 saturated heterocycles. The van der Waals surface area contributed by atoms with Crippen LogP contribution in [0, 0.1) is 11.6 Å². The van der Waals surface area contributed by atoms with Gasteiger partial charge in [-0.3, -0.25) is 0 Å². The molecule has 118 valence electrons. The quantitative estimate of drug-likeness (QED) is 0.798. The standard InChI is InChI=1S/C13H18F2N2O2S2/c1-16-7-9-5-10(14)12(15)11(6-9)21(18,19)17-8-13(20-2)3-4-13/h5-6,16-17H,3-4,7-8H2,1-2H3. The second-order valence-corrected chi connectivity index (χ2v) is 8.14. The Morgan fingerprint density at radius 2 is 2.00 bits per heavy atom. The van der Waals surface area contributed by atoms with Crippen LogP contribution in [-0.4, -0.2) is 33.0 Å². The number of hydrogen-bond acceptors (Lipinski definition) is 4. The van der Waals surface area contributed by atoms with E-state index in [9.17, 15) is 17.2 Å². The van der Waals surface area contributed by atoms with E-state index >= 15 is 0 Å². The van der Waals surface area contributed by atoms with E-state index in [4.69, 9.17) is 0 Å². The van der Waals surface area contributed by atoms with Crippen molar-refractivity contribution in [1.82, 2.24) is 10.0 Å². The molecule has 1 aliphatic rings. The number of hydrogen-bond donors (Lipinski definition) is 2. The van der Waals surface area contributed by atoms with Gasteiger partial charge in [0.2, 0.25) is 10.0 Å². The summed E-state index contributed by atoms with van der Waals surface area (Å²) >= 11 is 1.59. The van der Waals surface area contributed by atoms with Gasteiger partial charge in [0.1, 0.15) is 4.90 Å². The second kappa shape index (κ2) is 6.20. The minimum Gasteiger partial charge on any atom is -0.316 e. The van der Waals surface area contributed by atoms with Crippen molar-refractivity contribution < 1.29 is 17.2 Å². The van der Waals surface area contributed by atoms with Gasteiger partial charge in [-0.1, -0.05) is 0 Å². The molecule has 1 aliphatic carbocycles. The first-order valence-electron chi connectivity index (χ1n) is 6.51. The Labute approximate surface area is 127 Å². The molecule has 1 saturated carbocycles. The normalized spacial score (nSPS) is 17.0. The van der Waals surface area contributed by atoms with Crippen molar-refractivity contribution >= 4 is 21.8 Å². The molecule has 0 radical (unpaired) electrons. The van der Waals surface area contributed by atoms with Crippen LogP contribution in [0.2, 0.25) is 0 Å². The monoisotopic (exact) mass is 336 g/mol. The lowest BCUT2D eigenvalue weighted by molar-refractivity contribution is 0.480. The molecule has 8 heteroatoms. The first kappa shape index (κ1) is 16.7. The minimum atomic E-state index is -4.06. The highest BCUT2D eigenvalue weighted by atomic mass is 32.2. The molecule has 21 heavy (non-hydrogen) atoms. The molecule has 0 atom stereocenters. The molecular formula is C13H18F2N2O2S2. The van der Waals surface area contributed by atoms with E-state index in [0.717, 1.165) is 25.0 Å². The molecule has 0 spiro atoms. The number of nitrogens with one attached hydrogen (secondary N) is 2. The van der Waals surface area contributed by atoms with Gasteiger partial charge in [0.25, 0.3) is 0 Å². The highest BCUT2D eigenvalue weighted by molar-refractivity contribution is 8.00. The second-order valence-electron chi connectivity index (χ2n) is 5.13. The summed E-state index contributed by atoms with van der Waals surface area (Å²) in [5.41, 5.74) is 0.378. The predicted molar refractivity (Wildman–Crippen MR) is 79.8 cm³/mol. The fourth-order valence-electron chi connectivity index (χ4n) is 2.02. The Balaban J connectivity index is 2.26. The summed E-state index contributed by atoms with van der Waals surface area (Å²) < 4.78 is 54.1. The Hall–Kier alpha value is -0.700. The summed E-state index contributed by atoms with van der Waals surface area (Å²) in [6.07, 6.45) is 3.76. The summed E-state index contributed by atoms with van der Waals surface area (Å²) in [5, 5.41) is 2.78. The van der Waals surface area contributed by atoms with Crippen LogP contribution in [0.4, 0.5) is 8.78 Å². The van der Waals surface area contributed by atoms with Crippen molar-refractivity contribution in [2.24, 2.45) is 0 Å². The molecule has 1 aromatic carbocycles. The first-order valence-corrected chi connectivity index (χ1v) is 9.22. The van der Waals surface area contributed by atoms with Crippen LogP contribution in [0.25, 0.3) is 0 Å². The molecule has 0 unspecified atom stereocenters. The number of halogens is 2. The Kier molecular flexibility index (Phi) is 4.92. The number of benzene rings is 1. The summed E-state index contributed by atoms with van der Waals surface area (Å²) in [6, 6.07) is 2.16. The van der Waals surface area contributed by atoms with Crippen molar-refractivity contribution in [2.45, 2.75) is 29.0 Å². The zero-order valence-electron chi connectivity index (χ0n) is 11.9. The van der Waals surface area contributed by atoms with E-state index < -0.39 is 26.6 Å². The average Bonchev–Trinajstić information content (AvgIpc) is 3.21. The number of sulfonamides is 1. The molecule has 0 aromatic heterocycles. The van der Waals surface area contributed by atoms with E-state index in [1.54, 1.807) is 18.8 Å². The van der Waals surface area contributed by atoms with Gasteiger partial charge in [-0.25, -0.2) is 21.9 Å². The van der Waals surface area contributed by atoms with Gasteiger partial charge < -0.3 is 5.32 Å². The van der Waals surface area contributed by atoms with E-state index in [1.807, 2.05) is 6.26 Å². The Bertz CT molecular complexity index is 631. The average molecular weight is 336 g/mol. The molecule has 0 bridgehead atoms. The minimum absolute atomic E-state index is 0.0926. The zero-order chi connectivity index (χ0) is 15.7. The fraction of sp³-hybridized carbons (Fsp3) is 0.538. The molecule has 4 nitrogen and oxygen atoms in total. The molecule has 1 fully saturated rings. The van der Waals surface area contributed by atoms with Crippen molar-refractivity contribution in [3.05, 3.63) is 29.3 Å². The Morgan fingerprint density at radius 1 is 1.33 bits per heavy atom. The fourth-order valence-corrected chi connectivity index (χ4v) is 4.10. The van der Waals surface area contributed by atoms with Gasteiger partial charge >= 0.3 is 0 Å². The van der Waals surface area contributed by atoms with Gasteiger partial charge in [0.15, 0.2) is 11.6 Å². The third-order valence-corrected chi connectivity index (χ3v) is 6.37. The topological polar surface area (TPSA) is 58.2 Å². The molecule has 0 aliphatic heterocycles. The van der Waals surface area contributed by atoms with Gasteiger partial charge in [0, 0.05) is 17.8 Å². The van der Waals surface area contributed by atoms with E-state index in [1.165, 1.54) is 0 Å². The van der Waals surface area contributed by atoms with Crippen LogP contribution >= 0.6 is 11.8 Å². The maximum absolute atomic E-state index is 13.8. The maximum atomic E-state index is 13.8. The van der Waals surface area contributed by atoms with Crippen LogP contribution in [0.5, 0.6) is 0 Å². The largest absolute Gasteiger partial charge is 0.316 e. The maximum Gasteiger partial charge on any atom is 0.243 e. The van der Waals surface area contributed by atoms with Crippen LogP contribution in [0.15, 0.2) is 17.0 Å². The number of rotatable bonds is 7. The van der Waals surface area contributed by atoms with Crippen LogP contribution in [-0.2, 0) is 16.6 Å². The zero-order valence-corrected chi connectivity index (χ0v) is 13.5. The van der Waals surface area contributed by atoms with Crippen molar-refractivity contribution in [3.8, 4) is 0 Å². The van der Waals surface area contributed by atoms with Gasteiger partial charge in [-0.05, 0) is 43.8 Å². The highest BCUT2D eigenvalue weighted by Gasteiger charge is 2.42. The van der Waals surface area contributed by atoms with Crippen LogP contribution < -0.4 is 10.0 Å². The van der Waals surface area contributed by atoms with Gasteiger partial charge in [-0.2, -0.15) is 11.8 Å². The van der Waals surface area contributed by atoms with Gasteiger partial charge in [0.05, 0.1) is 0 Å². The third-order valence-electron chi connectivity index (χ3n) is 3.55. The summed E-state index contributed by atoms with van der Waals surface area (Å²) in [4.78, 5) is -0.635.